The van der Waals surface area contributed by atoms with Gasteiger partial charge >= 0.3 is 0 Å². The Morgan fingerprint density at radius 3 is 2.72 bits per heavy atom. The van der Waals surface area contributed by atoms with Crippen LogP contribution in [0.25, 0.3) is 0 Å². The highest BCUT2D eigenvalue weighted by Crippen LogP contribution is 2.21. The van der Waals surface area contributed by atoms with E-state index in [4.69, 9.17) is 9.15 Å². The Balaban J connectivity index is 1.53. The second-order valence-electron chi connectivity index (χ2n) is 6.17. The van der Waals surface area contributed by atoms with Gasteiger partial charge in [-0.3, -0.25) is 9.59 Å². The molecule has 0 atom stereocenters. The maximum Gasteiger partial charge on any atom is 0.289 e. The van der Waals surface area contributed by atoms with Crippen LogP contribution < -0.4 is 5.32 Å². The number of ether oxygens (including phenoxy) is 1. The van der Waals surface area contributed by atoms with Crippen LogP contribution in [0.1, 0.15) is 29.0 Å². The molecule has 2 aromatic rings. The number of hydrogen-bond acceptors (Lipinski definition) is 4. The molecule has 2 heterocycles. The molecule has 2 amide bonds. The van der Waals surface area contributed by atoms with Gasteiger partial charge in [0.25, 0.3) is 5.91 Å². The topological polar surface area (TPSA) is 71.8 Å². The Kier molecular flexibility index (Phi) is 5.50. The summed E-state index contributed by atoms with van der Waals surface area (Å²) in [5, 5.41) is 2.97. The van der Waals surface area contributed by atoms with E-state index >= 15 is 0 Å². The van der Waals surface area contributed by atoms with Crippen LogP contribution in [-0.2, 0) is 16.1 Å². The van der Waals surface area contributed by atoms with Crippen molar-refractivity contribution in [3.8, 4) is 0 Å². The Bertz CT molecular complexity index is 719. The summed E-state index contributed by atoms with van der Waals surface area (Å²) in [7, 11) is 1.64. The third-order valence-electron chi connectivity index (χ3n) is 4.39. The molecule has 1 aliphatic rings. The number of piperidine rings is 1. The Morgan fingerprint density at radius 2 is 2.04 bits per heavy atom. The van der Waals surface area contributed by atoms with Crippen LogP contribution in [0.5, 0.6) is 0 Å². The SMILES string of the molecule is COCc1cccc(NC(=O)C2CCN(C(=O)c3ccco3)CC2)c1. The summed E-state index contributed by atoms with van der Waals surface area (Å²) in [6.07, 6.45) is 2.79. The van der Waals surface area contributed by atoms with E-state index in [0.29, 0.717) is 38.3 Å². The highest BCUT2D eigenvalue weighted by molar-refractivity contribution is 5.94. The highest BCUT2D eigenvalue weighted by Gasteiger charge is 2.28. The van der Waals surface area contributed by atoms with Crippen molar-refractivity contribution in [2.45, 2.75) is 19.4 Å². The van der Waals surface area contributed by atoms with Crippen LogP contribution in [0, 0.1) is 5.92 Å². The van der Waals surface area contributed by atoms with Crippen LogP contribution >= 0.6 is 0 Å². The molecule has 1 fully saturated rings. The molecular formula is C19H22N2O4. The lowest BCUT2D eigenvalue weighted by atomic mass is 9.95. The monoisotopic (exact) mass is 342 g/mol. The quantitative estimate of drug-likeness (QED) is 0.907. The predicted octanol–water partition coefficient (Wildman–Crippen LogP) is 2.92. The van der Waals surface area contributed by atoms with Crippen molar-refractivity contribution in [2.75, 3.05) is 25.5 Å². The number of benzene rings is 1. The number of rotatable bonds is 5. The first-order valence-corrected chi connectivity index (χ1v) is 8.39. The van der Waals surface area contributed by atoms with Gasteiger partial charge in [-0.1, -0.05) is 12.1 Å². The molecule has 0 saturated carbocycles. The van der Waals surface area contributed by atoms with Gasteiger partial charge in [-0.2, -0.15) is 0 Å². The van der Waals surface area contributed by atoms with Gasteiger partial charge in [0.2, 0.25) is 5.91 Å². The van der Waals surface area contributed by atoms with Crippen LogP contribution in [0.15, 0.2) is 47.1 Å². The number of carbonyl (C=O) groups excluding carboxylic acids is 2. The van der Waals surface area contributed by atoms with Crippen LogP contribution in [0.2, 0.25) is 0 Å². The van der Waals surface area contributed by atoms with Crippen LogP contribution in [0.4, 0.5) is 5.69 Å². The van der Waals surface area contributed by atoms with Crippen molar-refractivity contribution in [3.63, 3.8) is 0 Å². The van der Waals surface area contributed by atoms with Crippen LogP contribution in [-0.4, -0.2) is 36.9 Å². The summed E-state index contributed by atoms with van der Waals surface area (Å²) < 4.78 is 10.3. The number of likely N-dealkylation sites (tertiary alicyclic amines) is 1. The average molecular weight is 342 g/mol. The first-order valence-electron chi connectivity index (χ1n) is 8.39. The van der Waals surface area contributed by atoms with Gasteiger partial charge in [-0.15, -0.1) is 0 Å². The number of carbonyl (C=O) groups is 2. The number of nitrogens with zero attached hydrogens (tertiary/aromatic N) is 1. The summed E-state index contributed by atoms with van der Waals surface area (Å²) in [6.45, 7) is 1.62. The van der Waals surface area contributed by atoms with Gasteiger partial charge in [0.15, 0.2) is 5.76 Å². The van der Waals surface area contributed by atoms with Gasteiger partial charge < -0.3 is 19.4 Å². The van der Waals surface area contributed by atoms with E-state index in [1.807, 2.05) is 24.3 Å². The van der Waals surface area contributed by atoms with Crippen molar-refractivity contribution in [2.24, 2.45) is 5.92 Å². The zero-order valence-electron chi connectivity index (χ0n) is 14.2. The molecule has 1 aromatic carbocycles. The molecule has 6 heteroatoms. The van der Waals surface area contributed by atoms with E-state index in [9.17, 15) is 9.59 Å². The average Bonchev–Trinajstić information content (AvgIpc) is 3.16. The lowest BCUT2D eigenvalue weighted by Crippen LogP contribution is -2.41. The molecule has 0 radical (unpaired) electrons. The highest BCUT2D eigenvalue weighted by atomic mass is 16.5. The summed E-state index contributed by atoms with van der Waals surface area (Å²) in [4.78, 5) is 26.5. The second kappa shape index (κ2) is 7.98. The minimum Gasteiger partial charge on any atom is -0.459 e. The normalized spacial score (nSPS) is 15.2. The fourth-order valence-corrected chi connectivity index (χ4v) is 3.05. The molecule has 0 unspecified atom stereocenters. The number of amides is 2. The number of furan rings is 1. The van der Waals surface area contributed by atoms with Gasteiger partial charge in [0, 0.05) is 31.8 Å². The van der Waals surface area contributed by atoms with Gasteiger partial charge in [-0.05, 0) is 42.7 Å². The summed E-state index contributed by atoms with van der Waals surface area (Å²) >= 11 is 0. The minimum atomic E-state index is -0.115. The van der Waals surface area contributed by atoms with Crippen molar-refractivity contribution < 1.29 is 18.7 Å². The lowest BCUT2D eigenvalue weighted by Gasteiger charge is -2.30. The maximum atomic E-state index is 12.5. The fraction of sp³-hybridized carbons (Fsp3) is 0.368. The van der Waals surface area contributed by atoms with Crippen LogP contribution in [0.3, 0.4) is 0 Å². The molecule has 1 aliphatic heterocycles. The third-order valence-corrected chi connectivity index (χ3v) is 4.39. The van der Waals surface area contributed by atoms with E-state index in [0.717, 1.165) is 11.3 Å². The molecule has 0 spiro atoms. The number of methoxy groups -OCH3 is 1. The number of anilines is 1. The molecule has 25 heavy (non-hydrogen) atoms. The standard InChI is InChI=1S/C19H22N2O4/c1-24-13-14-4-2-5-16(12-14)20-18(22)15-7-9-21(10-8-15)19(23)17-6-3-11-25-17/h2-6,11-12,15H,7-10,13H2,1H3,(H,20,22). The Hall–Kier alpha value is -2.60. The molecule has 6 nitrogen and oxygen atoms in total. The molecule has 1 saturated heterocycles. The molecule has 1 aromatic heterocycles. The lowest BCUT2D eigenvalue weighted by molar-refractivity contribution is -0.121. The molecule has 0 aliphatic carbocycles. The molecule has 1 N–H and O–H groups in total. The summed E-state index contributed by atoms with van der Waals surface area (Å²) in [6, 6.07) is 11.0. The maximum absolute atomic E-state index is 12.5. The molecular weight excluding hydrogens is 320 g/mol. The van der Waals surface area contributed by atoms with E-state index in [1.54, 1.807) is 24.1 Å². The van der Waals surface area contributed by atoms with E-state index in [2.05, 4.69) is 5.32 Å². The van der Waals surface area contributed by atoms with E-state index in [1.165, 1.54) is 6.26 Å². The number of hydrogen-bond donors (Lipinski definition) is 1. The largest absolute Gasteiger partial charge is 0.459 e. The molecule has 0 bridgehead atoms. The van der Waals surface area contributed by atoms with Gasteiger partial charge in [0.05, 0.1) is 12.9 Å². The third kappa shape index (κ3) is 4.28. The number of nitrogens with one attached hydrogen (secondary N) is 1. The zero-order valence-corrected chi connectivity index (χ0v) is 14.2. The minimum absolute atomic E-state index is 0.000311. The van der Waals surface area contributed by atoms with Crippen molar-refractivity contribution in [1.29, 1.82) is 0 Å². The fourth-order valence-electron chi connectivity index (χ4n) is 3.05. The summed E-state index contributed by atoms with van der Waals surface area (Å²) in [5.41, 5.74) is 1.79. The first-order chi connectivity index (χ1) is 12.2. The van der Waals surface area contributed by atoms with Gasteiger partial charge in [0.1, 0.15) is 0 Å². The smallest absolute Gasteiger partial charge is 0.289 e. The first kappa shape index (κ1) is 17.2. The predicted molar refractivity (Wildman–Crippen MR) is 93.1 cm³/mol. The van der Waals surface area contributed by atoms with Crippen molar-refractivity contribution in [1.82, 2.24) is 4.90 Å². The molecule has 132 valence electrons. The summed E-state index contributed by atoms with van der Waals surface area (Å²) in [5.74, 6) is 0.139. The second-order valence-corrected chi connectivity index (χ2v) is 6.17. The van der Waals surface area contributed by atoms with Crippen molar-refractivity contribution >= 4 is 17.5 Å². The van der Waals surface area contributed by atoms with E-state index in [-0.39, 0.29) is 17.7 Å². The zero-order chi connectivity index (χ0) is 17.6. The Morgan fingerprint density at radius 1 is 1.24 bits per heavy atom. The molecule has 3 rings (SSSR count). The Labute approximate surface area is 146 Å². The van der Waals surface area contributed by atoms with E-state index < -0.39 is 0 Å². The van der Waals surface area contributed by atoms with Gasteiger partial charge in [-0.25, -0.2) is 0 Å². The van der Waals surface area contributed by atoms with Crippen molar-refractivity contribution in [3.05, 3.63) is 54.0 Å².